The Labute approximate surface area is 167 Å². The number of rotatable bonds is 8. The molecule has 8 heteroatoms. The minimum atomic E-state index is -3.41. The molecule has 0 aliphatic carbocycles. The number of aryl methyl sites for hydroxylation is 1. The van der Waals surface area contributed by atoms with Crippen molar-refractivity contribution in [1.82, 2.24) is 19.6 Å². The summed E-state index contributed by atoms with van der Waals surface area (Å²) in [5.74, 6) is 0.773. The van der Waals surface area contributed by atoms with Gasteiger partial charge in [0.2, 0.25) is 16.0 Å². The number of hydrogen-bond acceptors (Lipinski definition) is 6. The molecule has 28 heavy (non-hydrogen) atoms. The van der Waals surface area contributed by atoms with Crippen molar-refractivity contribution >= 4 is 22.0 Å². The predicted molar refractivity (Wildman–Crippen MR) is 112 cm³/mol. The molecule has 1 aromatic carbocycles. The molecule has 0 spiro atoms. The average molecular weight is 402 g/mol. The highest BCUT2D eigenvalue weighted by atomic mass is 32.2. The summed E-state index contributed by atoms with van der Waals surface area (Å²) in [5.41, 5.74) is 2.02. The number of hydrogen-bond donors (Lipinski definition) is 1. The van der Waals surface area contributed by atoms with E-state index in [1.165, 1.54) is 5.41 Å². The molecule has 1 saturated heterocycles. The van der Waals surface area contributed by atoms with Crippen LogP contribution >= 0.6 is 0 Å². The molecule has 0 saturated carbocycles. The van der Waals surface area contributed by atoms with Gasteiger partial charge in [0.15, 0.2) is 0 Å². The van der Waals surface area contributed by atoms with Crippen LogP contribution < -0.4 is 9.62 Å². The fourth-order valence-corrected chi connectivity index (χ4v) is 3.90. The lowest BCUT2D eigenvalue weighted by Crippen LogP contribution is -2.47. The van der Waals surface area contributed by atoms with Crippen molar-refractivity contribution in [2.45, 2.75) is 13.3 Å². The number of nitrogens with zero attached hydrogens (tertiary/aromatic N) is 4. The van der Waals surface area contributed by atoms with Gasteiger partial charge in [-0.25, -0.2) is 23.1 Å². The van der Waals surface area contributed by atoms with Gasteiger partial charge >= 0.3 is 0 Å². The SMILES string of the molecule is Cc1ccc(C=CS(=O)(=O)NCCCN2CCN(c3ncccn3)CC2)cc1. The van der Waals surface area contributed by atoms with Crippen molar-refractivity contribution < 1.29 is 8.42 Å². The van der Waals surface area contributed by atoms with E-state index in [-0.39, 0.29) is 0 Å². The van der Waals surface area contributed by atoms with Crippen molar-refractivity contribution in [3.05, 3.63) is 59.3 Å². The topological polar surface area (TPSA) is 78.4 Å². The third-order valence-corrected chi connectivity index (χ3v) is 5.78. The van der Waals surface area contributed by atoms with Gasteiger partial charge in [-0.2, -0.15) is 0 Å². The van der Waals surface area contributed by atoms with Gasteiger partial charge in [-0.15, -0.1) is 0 Å². The molecule has 1 aliphatic rings. The molecule has 2 heterocycles. The number of aromatic nitrogens is 2. The van der Waals surface area contributed by atoms with Gasteiger partial charge < -0.3 is 4.90 Å². The molecular weight excluding hydrogens is 374 g/mol. The van der Waals surface area contributed by atoms with Crippen molar-refractivity contribution in [2.75, 3.05) is 44.2 Å². The monoisotopic (exact) mass is 401 g/mol. The van der Waals surface area contributed by atoms with E-state index >= 15 is 0 Å². The second-order valence-corrected chi connectivity index (χ2v) is 8.53. The van der Waals surface area contributed by atoms with E-state index < -0.39 is 10.0 Å². The number of piperazine rings is 1. The molecule has 150 valence electrons. The summed E-state index contributed by atoms with van der Waals surface area (Å²) in [4.78, 5) is 13.1. The highest BCUT2D eigenvalue weighted by Gasteiger charge is 2.18. The highest BCUT2D eigenvalue weighted by molar-refractivity contribution is 7.92. The first-order valence-electron chi connectivity index (χ1n) is 9.51. The normalized spacial score (nSPS) is 16.0. The smallest absolute Gasteiger partial charge is 0.233 e. The maximum absolute atomic E-state index is 12.1. The van der Waals surface area contributed by atoms with Gasteiger partial charge in [-0.3, -0.25) is 4.90 Å². The van der Waals surface area contributed by atoms with Gasteiger partial charge in [-0.05, 0) is 37.6 Å². The van der Waals surface area contributed by atoms with Crippen molar-refractivity contribution in [2.24, 2.45) is 0 Å². The lowest BCUT2D eigenvalue weighted by Gasteiger charge is -2.34. The first kappa shape index (κ1) is 20.4. The van der Waals surface area contributed by atoms with Crippen LogP contribution in [0.1, 0.15) is 17.5 Å². The second kappa shape index (κ2) is 9.77. The number of benzene rings is 1. The third-order valence-electron chi connectivity index (χ3n) is 4.68. The van der Waals surface area contributed by atoms with Crippen LogP contribution in [0.2, 0.25) is 0 Å². The Hall–Kier alpha value is -2.29. The fraction of sp³-hybridized carbons (Fsp3) is 0.400. The summed E-state index contributed by atoms with van der Waals surface area (Å²) in [7, 11) is -3.41. The van der Waals surface area contributed by atoms with Crippen LogP contribution in [-0.2, 0) is 10.0 Å². The van der Waals surface area contributed by atoms with E-state index in [4.69, 9.17) is 0 Å². The Bertz CT molecular complexity index is 861. The van der Waals surface area contributed by atoms with Crippen molar-refractivity contribution in [3.63, 3.8) is 0 Å². The minimum absolute atomic E-state index is 0.433. The fourth-order valence-electron chi connectivity index (χ4n) is 3.04. The maximum atomic E-state index is 12.1. The Morgan fingerprint density at radius 1 is 1.07 bits per heavy atom. The van der Waals surface area contributed by atoms with Crippen LogP contribution in [0.15, 0.2) is 48.1 Å². The van der Waals surface area contributed by atoms with Gasteiger partial charge in [0, 0.05) is 50.5 Å². The maximum Gasteiger partial charge on any atom is 0.233 e. The Balaban J connectivity index is 1.36. The average Bonchev–Trinajstić information content (AvgIpc) is 2.72. The van der Waals surface area contributed by atoms with E-state index in [2.05, 4.69) is 24.5 Å². The molecule has 3 rings (SSSR count). The first-order chi connectivity index (χ1) is 13.5. The second-order valence-electron chi connectivity index (χ2n) is 6.88. The Morgan fingerprint density at radius 3 is 2.43 bits per heavy atom. The number of anilines is 1. The highest BCUT2D eigenvalue weighted by Crippen LogP contribution is 2.10. The van der Waals surface area contributed by atoms with Crippen LogP contribution in [0.25, 0.3) is 6.08 Å². The molecule has 0 unspecified atom stereocenters. The van der Waals surface area contributed by atoms with Crippen LogP contribution in [0.4, 0.5) is 5.95 Å². The Kier molecular flexibility index (Phi) is 7.13. The minimum Gasteiger partial charge on any atom is -0.338 e. The van der Waals surface area contributed by atoms with Gasteiger partial charge in [0.1, 0.15) is 0 Å². The van der Waals surface area contributed by atoms with Gasteiger partial charge in [0.05, 0.1) is 0 Å². The standard InChI is InChI=1S/C20H27N5O2S/c1-18-4-6-19(7-5-18)8-17-28(26,27)23-11-3-12-24-13-15-25(16-14-24)20-21-9-2-10-22-20/h2,4-10,17,23H,3,11-16H2,1H3. The number of nitrogens with one attached hydrogen (secondary N) is 1. The summed E-state index contributed by atoms with van der Waals surface area (Å²) < 4.78 is 26.8. The molecule has 0 radical (unpaired) electrons. The van der Waals surface area contributed by atoms with Crippen LogP contribution in [0.5, 0.6) is 0 Å². The Morgan fingerprint density at radius 2 is 1.75 bits per heavy atom. The largest absolute Gasteiger partial charge is 0.338 e. The lowest BCUT2D eigenvalue weighted by molar-refractivity contribution is 0.254. The summed E-state index contributed by atoms with van der Waals surface area (Å²) in [5, 5.41) is 1.23. The summed E-state index contributed by atoms with van der Waals surface area (Å²) >= 11 is 0. The molecule has 1 fully saturated rings. The summed E-state index contributed by atoms with van der Waals surface area (Å²) in [6.45, 7) is 6.93. The van der Waals surface area contributed by atoms with E-state index in [0.717, 1.165) is 56.2 Å². The molecule has 0 amide bonds. The molecule has 0 atom stereocenters. The van der Waals surface area contributed by atoms with E-state index in [1.54, 1.807) is 18.5 Å². The predicted octanol–water partition coefficient (Wildman–Crippen LogP) is 1.89. The zero-order valence-electron chi connectivity index (χ0n) is 16.2. The quantitative estimate of drug-likeness (QED) is 0.681. The summed E-state index contributed by atoms with van der Waals surface area (Å²) in [6.07, 6.45) is 5.91. The zero-order valence-corrected chi connectivity index (χ0v) is 17.0. The molecule has 2 aromatic rings. The summed E-state index contributed by atoms with van der Waals surface area (Å²) in [6, 6.07) is 9.55. The van der Waals surface area contributed by atoms with Crippen molar-refractivity contribution in [3.8, 4) is 0 Å². The van der Waals surface area contributed by atoms with Crippen LogP contribution in [0.3, 0.4) is 0 Å². The molecule has 0 bridgehead atoms. The zero-order chi connectivity index (χ0) is 19.8. The molecule has 7 nitrogen and oxygen atoms in total. The van der Waals surface area contributed by atoms with E-state index in [1.807, 2.05) is 37.3 Å². The van der Waals surface area contributed by atoms with Crippen molar-refractivity contribution in [1.29, 1.82) is 0 Å². The molecule has 1 N–H and O–H groups in total. The third kappa shape index (κ3) is 6.40. The molecule has 1 aromatic heterocycles. The molecule has 1 aliphatic heterocycles. The van der Waals surface area contributed by atoms with Crippen LogP contribution in [-0.4, -0.2) is 62.6 Å². The number of sulfonamides is 1. The lowest BCUT2D eigenvalue weighted by atomic mass is 10.2. The first-order valence-corrected chi connectivity index (χ1v) is 11.1. The van der Waals surface area contributed by atoms with E-state index in [9.17, 15) is 8.42 Å². The van der Waals surface area contributed by atoms with Crippen LogP contribution in [0, 0.1) is 6.92 Å². The van der Waals surface area contributed by atoms with Gasteiger partial charge in [0.25, 0.3) is 0 Å². The van der Waals surface area contributed by atoms with E-state index in [0.29, 0.717) is 6.54 Å². The van der Waals surface area contributed by atoms with Gasteiger partial charge in [-0.1, -0.05) is 29.8 Å². The molecular formula is C20H27N5O2S.